The Morgan fingerprint density at radius 3 is 3.05 bits per heavy atom. The van der Waals surface area contributed by atoms with Gasteiger partial charge in [-0.3, -0.25) is 9.59 Å². The van der Waals surface area contributed by atoms with Gasteiger partial charge in [0.1, 0.15) is 11.6 Å². The van der Waals surface area contributed by atoms with E-state index in [-0.39, 0.29) is 35.2 Å². The van der Waals surface area contributed by atoms with Crippen molar-refractivity contribution in [2.24, 2.45) is 0 Å². The van der Waals surface area contributed by atoms with Crippen LogP contribution < -0.4 is 15.4 Å². The molecule has 1 aromatic carbocycles. The first-order valence-electron chi connectivity index (χ1n) is 6.26. The van der Waals surface area contributed by atoms with Crippen molar-refractivity contribution in [2.45, 2.75) is 0 Å². The number of anilines is 2. The highest BCUT2D eigenvalue weighted by Gasteiger charge is 2.22. The summed E-state index contributed by atoms with van der Waals surface area (Å²) in [5.74, 6) is -2.21. The van der Waals surface area contributed by atoms with Gasteiger partial charge < -0.3 is 20.5 Å². The molecule has 0 unspecified atom stereocenters. The van der Waals surface area contributed by atoms with Crippen LogP contribution in [0.3, 0.4) is 0 Å². The molecular weight excluding hydrogens is 293 g/mol. The van der Waals surface area contributed by atoms with Crippen molar-refractivity contribution in [1.29, 1.82) is 0 Å². The molecule has 2 heterocycles. The lowest BCUT2D eigenvalue weighted by molar-refractivity contribution is -0.118. The quantitative estimate of drug-likeness (QED) is 0.780. The van der Waals surface area contributed by atoms with Crippen LogP contribution in [0.4, 0.5) is 15.9 Å². The molecule has 0 saturated heterocycles. The molecule has 7 nitrogen and oxygen atoms in total. The maximum atomic E-state index is 14.0. The summed E-state index contributed by atoms with van der Waals surface area (Å²) in [6, 6.07) is 5.00. The summed E-state index contributed by atoms with van der Waals surface area (Å²) in [6.07, 6.45) is 1.37. The number of carbonyl (C=O) groups is 2. The molecule has 0 aliphatic carbocycles. The SMILES string of the molecule is O=C1COc2cc(F)c(C(=O)Nc3ncccc3O)cc2N1. The van der Waals surface area contributed by atoms with Crippen LogP contribution in [0.15, 0.2) is 30.5 Å². The number of hydrogen-bond acceptors (Lipinski definition) is 5. The zero-order chi connectivity index (χ0) is 15.7. The number of fused-ring (bicyclic) bond motifs is 1. The number of nitrogens with zero attached hydrogens (tertiary/aromatic N) is 1. The Bertz CT molecular complexity index is 779. The molecule has 8 heteroatoms. The van der Waals surface area contributed by atoms with Gasteiger partial charge in [0, 0.05) is 12.3 Å². The van der Waals surface area contributed by atoms with Gasteiger partial charge in [-0.1, -0.05) is 0 Å². The van der Waals surface area contributed by atoms with Crippen molar-refractivity contribution in [3.8, 4) is 11.5 Å². The summed E-state index contributed by atoms with van der Waals surface area (Å²) in [4.78, 5) is 27.1. The lowest BCUT2D eigenvalue weighted by atomic mass is 10.1. The molecule has 0 saturated carbocycles. The fourth-order valence-corrected chi connectivity index (χ4v) is 1.94. The van der Waals surface area contributed by atoms with Gasteiger partial charge in [0.15, 0.2) is 18.2 Å². The van der Waals surface area contributed by atoms with E-state index < -0.39 is 17.6 Å². The van der Waals surface area contributed by atoms with Gasteiger partial charge in [-0.25, -0.2) is 9.37 Å². The number of ether oxygens (including phenoxy) is 1. The van der Waals surface area contributed by atoms with Gasteiger partial charge in [-0.2, -0.15) is 0 Å². The highest BCUT2D eigenvalue weighted by molar-refractivity contribution is 6.06. The maximum absolute atomic E-state index is 14.0. The number of nitrogens with one attached hydrogen (secondary N) is 2. The van der Waals surface area contributed by atoms with Crippen LogP contribution in [-0.2, 0) is 4.79 Å². The number of aromatic nitrogens is 1. The number of benzene rings is 1. The van der Waals surface area contributed by atoms with Gasteiger partial charge in [-0.05, 0) is 18.2 Å². The molecule has 1 aliphatic rings. The molecule has 0 fully saturated rings. The van der Waals surface area contributed by atoms with E-state index in [1.54, 1.807) is 0 Å². The molecule has 0 radical (unpaired) electrons. The molecule has 2 amide bonds. The normalized spacial score (nSPS) is 12.9. The molecular formula is C14H10FN3O4. The number of carbonyl (C=O) groups excluding carboxylic acids is 2. The average molecular weight is 303 g/mol. The Kier molecular flexibility index (Phi) is 3.34. The molecule has 0 spiro atoms. The number of rotatable bonds is 2. The van der Waals surface area contributed by atoms with Crippen molar-refractivity contribution < 1.29 is 23.8 Å². The van der Waals surface area contributed by atoms with Gasteiger partial charge in [0.25, 0.3) is 11.8 Å². The van der Waals surface area contributed by atoms with Crippen molar-refractivity contribution in [2.75, 3.05) is 17.2 Å². The van der Waals surface area contributed by atoms with Crippen LogP contribution in [0.5, 0.6) is 11.5 Å². The van der Waals surface area contributed by atoms with E-state index in [0.717, 1.165) is 12.1 Å². The Balaban J connectivity index is 1.91. The van der Waals surface area contributed by atoms with Gasteiger partial charge in [-0.15, -0.1) is 0 Å². The van der Waals surface area contributed by atoms with Gasteiger partial charge >= 0.3 is 0 Å². The fraction of sp³-hybridized carbons (Fsp3) is 0.0714. The van der Waals surface area contributed by atoms with Crippen molar-refractivity contribution in [3.05, 3.63) is 41.8 Å². The molecule has 3 rings (SSSR count). The first kappa shape index (κ1) is 13.8. The second kappa shape index (κ2) is 5.32. The first-order chi connectivity index (χ1) is 10.5. The maximum Gasteiger partial charge on any atom is 0.262 e. The molecule has 1 aliphatic heterocycles. The van der Waals surface area contributed by atoms with Crippen molar-refractivity contribution >= 4 is 23.3 Å². The number of hydrogen-bond donors (Lipinski definition) is 3. The van der Waals surface area contributed by atoms with E-state index >= 15 is 0 Å². The number of aromatic hydroxyl groups is 1. The Morgan fingerprint density at radius 2 is 2.27 bits per heavy atom. The van der Waals surface area contributed by atoms with Crippen LogP contribution in [0.25, 0.3) is 0 Å². The third-order valence-corrected chi connectivity index (χ3v) is 2.97. The Labute approximate surface area is 123 Å². The molecule has 112 valence electrons. The summed E-state index contributed by atoms with van der Waals surface area (Å²) in [5.41, 5.74) is -0.109. The highest BCUT2D eigenvalue weighted by atomic mass is 19.1. The molecule has 0 atom stereocenters. The van der Waals surface area contributed by atoms with E-state index in [9.17, 15) is 19.1 Å². The summed E-state index contributed by atoms with van der Waals surface area (Å²) in [6.45, 7) is -0.209. The van der Waals surface area contributed by atoms with E-state index in [4.69, 9.17) is 4.74 Å². The molecule has 2 aromatic rings. The third kappa shape index (κ3) is 2.53. The lowest BCUT2D eigenvalue weighted by Crippen LogP contribution is -2.26. The summed E-state index contributed by atoms with van der Waals surface area (Å²) in [7, 11) is 0. The minimum Gasteiger partial charge on any atom is -0.504 e. The lowest BCUT2D eigenvalue weighted by Gasteiger charge is -2.18. The highest BCUT2D eigenvalue weighted by Crippen LogP contribution is 2.31. The summed E-state index contributed by atoms with van der Waals surface area (Å²) < 4.78 is 19.0. The minimum atomic E-state index is -0.817. The van der Waals surface area contributed by atoms with Gasteiger partial charge in [0.2, 0.25) is 0 Å². The number of pyridine rings is 1. The van der Waals surface area contributed by atoms with E-state index in [1.165, 1.54) is 18.3 Å². The molecule has 22 heavy (non-hydrogen) atoms. The first-order valence-corrected chi connectivity index (χ1v) is 6.26. The van der Waals surface area contributed by atoms with Crippen LogP contribution in [0.1, 0.15) is 10.4 Å². The minimum absolute atomic E-state index is 0.0927. The topological polar surface area (TPSA) is 101 Å². The molecule has 1 aromatic heterocycles. The summed E-state index contributed by atoms with van der Waals surface area (Å²) >= 11 is 0. The average Bonchev–Trinajstić information content (AvgIpc) is 2.49. The second-order valence-corrected chi connectivity index (χ2v) is 4.49. The van der Waals surface area contributed by atoms with Crippen LogP contribution in [0.2, 0.25) is 0 Å². The van der Waals surface area contributed by atoms with E-state index in [2.05, 4.69) is 15.6 Å². The van der Waals surface area contributed by atoms with Crippen LogP contribution >= 0.6 is 0 Å². The monoisotopic (exact) mass is 303 g/mol. The van der Waals surface area contributed by atoms with Crippen LogP contribution in [-0.4, -0.2) is 28.5 Å². The number of halogens is 1. The zero-order valence-electron chi connectivity index (χ0n) is 11.1. The molecule has 3 N–H and O–H groups in total. The van der Waals surface area contributed by atoms with Gasteiger partial charge in [0.05, 0.1) is 11.3 Å². The standard InChI is InChI=1S/C14H10FN3O4/c15-8-5-11-9(17-12(20)6-22-11)4-7(8)14(21)18-13-10(19)2-1-3-16-13/h1-5,19H,6H2,(H,17,20)(H,16,18,21). The smallest absolute Gasteiger partial charge is 0.262 e. The second-order valence-electron chi connectivity index (χ2n) is 4.49. The Morgan fingerprint density at radius 1 is 1.45 bits per heavy atom. The van der Waals surface area contributed by atoms with E-state index in [1.807, 2.05) is 0 Å². The number of amides is 2. The van der Waals surface area contributed by atoms with E-state index in [0.29, 0.717) is 0 Å². The predicted molar refractivity (Wildman–Crippen MR) is 74.4 cm³/mol. The summed E-state index contributed by atoms with van der Waals surface area (Å²) in [5, 5.41) is 14.3. The van der Waals surface area contributed by atoms with Crippen molar-refractivity contribution in [3.63, 3.8) is 0 Å². The van der Waals surface area contributed by atoms with Crippen LogP contribution in [0, 0.1) is 5.82 Å². The fourth-order valence-electron chi connectivity index (χ4n) is 1.94. The largest absolute Gasteiger partial charge is 0.504 e. The zero-order valence-corrected chi connectivity index (χ0v) is 11.1. The van der Waals surface area contributed by atoms with Crippen molar-refractivity contribution in [1.82, 2.24) is 4.98 Å². The third-order valence-electron chi connectivity index (χ3n) is 2.97. The Hall–Kier alpha value is -3.16. The molecule has 0 bridgehead atoms. The predicted octanol–water partition coefficient (Wildman–Crippen LogP) is 1.51.